The Kier molecular flexibility index (Phi) is 10.1. The van der Waals surface area contributed by atoms with Crippen LogP contribution in [0.15, 0.2) is 66.7 Å². The van der Waals surface area contributed by atoms with Gasteiger partial charge in [0.25, 0.3) is 0 Å². The quantitative estimate of drug-likeness (QED) is 0.218. The van der Waals surface area contributed by atoms with Crippen molar-refractivity contribution < 1.29 is 18.3 Å². The van der Waals surface area contributed by atoms with Gasteiger partial charge < -0.3 is 9.47 Å². The van der Waals surface area contributed by atoms with Crippen LogP contribution in [0, 0.1) is 12.8 Å². The van der Waals surface area contributed by atoms with Gasteiger partial charge in [-0.2, -0.15) is 0 Å². The van der Waals surface area contributed by atoms with Gasteiger partial charge >= 0.3 is 0 Å². The normalized spacial score (nSPS) is 19.8. The maximum absolute atomic E-state index is 13.4. The van der Waals surface area contributed by atoms with Crippen molar-refractivity contribution in [2.75, 3.05) is 6.67 Å². The summed E-state index contributed by atoms with van der Waals surface area (Å²) in [4.78, 5) is 0. The van der Waals surface area contributed by atoms with Crippen LogP contribution in [0.2, 0.25) is 0 Å². The van der Waals surface area contributed by atoms with E-state index >= 15 is 0 Å². The molecule has 2 nitrogen and oxygen atoms in total. The van der Waals surface area contributed by atoms with Crippen molar-refractivity contribution in [2.45, 2.75) is 96.9 Å². The van der Waals surface area contributed by atoms with Gasteiger partial charge in [0, 0.05) is 6.92 Å². The number of benzene rings is 3. The van der Waals surface area contributed by atoms with Crippen molar-refractivity contribution in [3.05, 3.63) is 94.5 Å². The Bertz CT molecular complexity index is 1290. The zero-order valence-corrected chi connectivity index (χ0v) is 24.6. The number of hydrogen-bond acceptors (Lipinski definition) is 2. The van der Waals surface area contributed by atoms with Crippen LogP contribution in [-0.2, 0) is 6.42 Å². The summed E-state index contributed by atoms with van der Waals surface area (Å²) in [5, 5.41) is 0. The predicted octanol–water partition coefficient (Wildman–Crippen LogP) is 10.5. The number of allylic oxidation sites excluding steroid dienone is 1. The molecule has 1 saturated carbocycles. The molecule has 1 atom stereocenters. The van der Waals surface area contributed by atoms with Crippen LogP contribution in [-0.4, -0.2) is 19.1 Å². The fourth-order valence-corrected chi connectivity index (χ4v) is 6.59. The summed E-state index contributed by atoms with van der Waals surface area (Å²) in [6.45, 7) is 3.37. The van der Waals surface area contributed by atoms with E-state index < -0.39 is 6.36 Å². The fraction of sp³-hybridized carbons (Fsp3) is 0.459. The highest BCUT2D eigenvalue weighted by atomic mass is 19.1. The first-order valence-electron chi connectivity index (χ1n) is 15.6. The molecule has 3 aromatic carbocycles. The minimum Gasteiger partial charge on any atom is -0.490 e. The lowest BCUT2D eigenvalue weighted by atomic mass is 9.84. The SMILES string of the molecule is Cc1ccc2c(c1)CCCC(c1ccc(OC(C)F)cc1)=C2c1ccc(OC2CCC(CCCCCF)CC2)cc1. The topological polar surface area (TPSA) is 18.5 Å². The second kappa shape index (κ2) is 14.2. The van der Waals surface area contributed by atoms with E-state index in [9.17, 15) is 8.78 Å². The van der Waals surface area contributed by atoms with Crippen LogP contribution in [0.5, 0.6) is 11.5 Å². The fourth-order valence-electron chi connectivity index (χ4n) is 6.59. The average Bonchev–Trinajstić information content (AvgIpc) is 3.16. The number of aryl methyl sites for hydroxylation is 2. The van der Waals surface area contributed by atoms with Crippen LogP contribution in [0.3, 0.4) is 0 Å². The minimum atomic E-state index is -1.34. The molecule has 0 amide bonds. The highest BCUT2D eigenvalue weighted by Crippen LogP contribution is 2.41. The number of ether oxygens (including phenoxy) is 2. The van der Waals surface area contributed by atoms with Crippen LogP contribution >= 0.6 is 0 Å². The van der Waals surface area contributed by atoms with Crippen molar-refractivity contribution in [3.8, 4) is 11.5 Å². The lowest BCUT2D eigenvalue weighted by Gasteiger charge is -2.29. The molecule has 1 fully saturated rings. The molecule has 0 saturated heterocycles. The van der Waals surface area contributed by atoms with E-state index in [0.29, 0.717) is 12.2 Å². The highest BCUT2D eigenvalue weighted by molar-refractivity contribution is 6.00. The molecule has 1 unspecified atom stereocenters. The molecule has 0 bridgehead atoms. The first-order valence-corrected chi connectivity index (χ1v) is 15.6. The van der Waals surface area contributed by atoms with Gasteiger partial charge in [0.1, 0.15) is 11.5 Å². The van der Waals surface area contributed by atoms with E-state index in [1.807, 2.05) is 12.1 Å². The molecule has 0 aliphatic heterocycles. The van der Waals surface area contributed by atoms with Gasteiger partial charge in [-0.1, -0.05) is 67.3 Å². The summed E-state index contributed by atoms with van der Waals surface area (Å²) in [5.41, 5.74) is 8.88. The molecule has 0 radical (unpaired) electrons. The van der Waals surface area contributed by atoms with Crippen LogP contribution in [0.25, 0.3) is 11.1 Å². The van der Waals surface area contributed by atoms with Gasteiger partial charge in [0.2, 0.25) is 6.36 Å². The number of halogens is 2. The Morgan fingerprint density at radius 2 is 1.51 bits per heavy atom. The number of hydrogen-bond donors (Lipinski definition) is 0. The second-order valence-corrected chi connectivity index (χ2v) is 11.9. The van der Waals surface area contributed by atoms with Crippen molar-refractivity contribution in [2.24, 2.45) is 5.92 Å². The van der Waals surface area contributed by atoms with Gasteiger partial charge in [0.15, 0.2) is 0 Å². The van der Waals surface area contributed by atoms with Crippen LogP contribution in [0.4, 0.5) is 8.78 Å². The summed E-state index contributed by atoms with van der Waals surface area (Å²) in [6, 6.07) is 23.3. The third kappa shape index (κ3) is 7.78. The Balaban J connectivity index is 1.35. The largest absolute Gasteiger partial charge is 0.490 e. The Morgan fingerprint density at radius 1 is 0.805 bits per heavy atom. The maximum atomic E-state index is 13.4. The van der Waals surface area contributed by atoms with E-state index in [0.717, 1.165) is 62.2 Å². The Morgan fingerprint density at radius 3 is 2.22 bits per heavy atom. The summed E-state index contributed by atoms with van der Waals surface area (Å²) in [5.74, 6) is 2.24. The summed E-state index contributed by atoms with van der Waals surface area (Å²) in [7, 11) is 0. The molecule has 218 valence electrons. The van der Waals surface area contributed by atoms with E-state index in [1.165, 1.54) is 59.6 Å². The second-order valence-electron chi connectivity index (χ2n) is 11.9. The highest BCUT2D eigenvalue weighted by Gasteiger charge is 2.23. The number of fused-ring (bicyclic) bond motifs is 1. The monoisotopic (exact) mass is 558 g/mol. The molecule has 5 rings (SSSR count). The minimum absolute atomic E-state index is 0.187. The molecule has 2 aliphatic carbocycles. The molecule has 41 heavy (non-hydrogen) atoms. The first-order chi connectivity index (χ1) is 20.0. The molecule has 0 aromatic heterocycles. The van der Waals surface area contributed by atoms with Gasteiger partial charge in [-0.3, -0.25) is 4.39 Å². The lowest BCUT2D eigenvalue weighted by molar-refractivity contribution is 0.0860. The van der Waals surface area contributed by atoms with E-state index in [2.05, 4.69) is 61.5 Å². The summed E-state index contributed by atoms with van der Waals surface area (Å²) < 4.78 is 37.5. The summed E-state index contributed by atoms with van der Waals surface area (Å²) >= 11 is 0. The zero-order chi connectivity index (χ0) is 28.6. The molecule has 0 heterocycles. The molecule has 3 aromatic rings. The van der Waals surface area contributed by atoms with Crippen LogP contribution < -0.4 is 9.47 Å². The number of alkyl halides is 2. The summed E-state index contributed by atoms with van der Waals surface area (Å²) in [6.07, 6.45) is 10.7. The predicted molar refractivity (Wildman–Crippen MR) is 165 cm³/mol. The Hall–Kier alpha value is -3.14. The molecule has 4 heteroatoms. The molecular weight excluding hydrogens is 514 g/mol. The molecule has 0 spiro atoms. The zero-order valence-electron chi connectivity index (χ0n) is 24.6. The van der Waals surface area contributed by atoms with Gasteiger partial charge in [-0.05, 0) is 122 Å². The van der Waals surface area contributed by atoms with Crippen molar-refractivity contribution in [1.82, 2.24) is 0 Å². The van der Waals surface area contributed by atoms with Crippen LogP contribution in [0.1, 0.15) is 98.9 Å². The van der Waals surface area contributed by atoms with E-state index in [4.69, 9.17) is 9.47 Å². The first kappa shape index (κ1) is 29.4. The third-order valence-corrected chi connectivity index (χ3v) is 8.69. The Labute approximate surface area is 244 Å². The number of rotatable bonds is 11. The molecule has 0 N–H and O–H groups in total. The lowest BCUT2D eigenvalue weighted by Crippen LogP contribution is -2.24. The van der Waals surface area contributed by atoms with Gasteiger partial charge in [0.05, 0.1) is 12.8 Å². The van der Waals surface area contributed by atoms with Crippen molar-refractivity contribution in [3.63, 3.8) is 0 Å². The standard InChI is InChI=1S/C37H44F2O2/c1-26-10-23-36-31(25-26)8-6-9-35(29-13-19-32(20-14-29)40-27(2)39)37(36)30-15-21-34(22-16-30)41-33-17-11-28(12-18-33)7-4-3-5-24-38/h10,13-16,19-23,25,27-28,33H,3-9,11-12,17-18,24H2,1-2H3. The molecular formula is C37H44F2O2. The van der Waals surface area contributed by atoms with Gasteiger partial charge in [-0.25, -0.2) is 4.39 Å². The van der Waals surface area contributed by atoms with E-state index in [-0.39, 0.29) is 12.8 Å². The number of unbranched alkanes of at least 4 members (excludes halogenated alkanes) is 2. The van der Waals surface area contributed by atoms with Crippen molar-refractivity contribution >= 4 is 11.1 Å². The maximum Gasteiger partial charge on any atom is 0.235 e. The smallest absolute Gasteiger partial charge is 0.235 e. The van der Waals surface area contributed by atoms with Crippen molar-refractivity contribution in [1.29, 1.82) is 0 Å². The molecule has 2 aliphatic rings. The van der Waals surface area contributed by atoms with Gasteiger partial charge in [-0.15, -0.1) is 0 Å². The van der Waals surface area contributed by atoms with E-state index in [1.54, 1.807) is 0 Å². The average molecular weight is 559 g/mol. The third-order valence-electron chi connectivity index (χ3n) is 8.69.